The molecule has 1 saturated heterocycles. The number of carbonyl (C=O) groups is 1. The van der Waals surface area contributed by atoms with Crippen LogP contribution in [0, 0.1) is 0 Å². The van der Waals surface area contributed by atoms with Crippen molar-refractivity contribution in [2.75, 3.05) is 26.2 Å². The lowest BCUT2D eigenvalue weighted by Gasteiger charge is -2.37. The summed E-state index contributed by atoms with van der Waals surface area (Å²) in [6, 6.07) is 0.398. The molecule has 0 aromatic carbocycles. The Morgan fingerprint density at radius 1 is 1.41 bits per heavy atom. The van der Waals surface area contributed by atoms with E-state index in [1.54, 1.807) is 6.20 Å². The van der Waals surface area contributed by atoms with E-state index < -0.39 is 0 Å². The first-order valence-corrected chi connectivity index (χ1v) is 8.35. The van der Waals surface area contributed by atoms with Crippen molar-refractivity contribution in [1.82, 2.24) is 24.7 Å². The van der Waals surface area contributed by atoms with Gasteiger partial charge in [-0.1, -0.05) is 11.6 Å². The van der Waals surface area contributed by atoms with E-state index >= 15 is 0 Å². The average Bonchev–Trinajstić information content (AvgIpc) is 3.28. The van der Waals surface area contributed by atoms with Crippen molar-refractivity contribution in [3.8, 4) is 0 Å². The molecule has 2 fully saturated rings. The number of nitrogens with zero attached hydrogens (tertiary/aromatic N) is 4. The first-order valence-electron chi connectivity index (χ1n) is 7.97. The van der Waals surface area contributed by atoms with Gasteiger partial charge in [0, 0.05) is 39.3 Å². The third-order valence-corrected chi connectivity index (χ3v) is 5.00. The lowest BCUT2D eigenvalue weighted by molar-refractivity contribution is -0.126. The van der Waals surface area contributed by atoms with Crippen LogP contribution >= 0.6 is 11.6 Å². The fraction of sp³-hybridized carbons (Fsp3) is 0.733. The topological polar surface area (TPSA) is 53.4 Å². The first-order chi connectivity index (χ1) is 10.5. The number of piperazine rings is 1. The van der Waals surface area contributed by atoms with Crippen LogP contribution in [0.2, 0.25) is 5.15 Å². The molecule has 1 atom stereocenters. The maximum atomic E-state index is 12.1. The maximum absolute atomic E-state index is 12.1. The Hall–Kier alpha value is -1.11. The lowest BCUT2D eigenvalue weighted by atomic mass is 10.2. The minimum atomic E-state index is -0.0367. The Balaban J connectivity index is 1.47. The van der Waals surface area contributed by atoms with Gasteiger partial charge in [-0.15, -0.1) is 0 Å². The number of amides is 1. The molecule has 2 aliphatic rings. The minimum absolute atomic E-state index is 0.0367. The van der Waals surface area contributed by atoms with E-state index in [4.69, 9.17) is 11.6 Å². The Morgan fingerprint density at radius 2 is 2.09 bits per heavy atom. The van der Waals surface area contributed by atoms with E-state index in [1.165, 1.54) is 0 Å². The monoisotopic (exact) mass is 325 g/mol. The standard InChI is InChI=1S/C15H24ClN5O/c1-11(15(22)18-12-3-4-12)21-7-5-20(6-8-21)10-14-17-9-13(16)19(14)2/h9,11-12H,3-8,10H2,1-2H3,(H,18,22). The second-order valence-corrected chi connectivity index (χ2v) is 6.71. The molecule has 1 N–H and O–H groups in total. The number of nitrogens with one attached hydrogen (secondary N) is 1. The quantitative estimate of drug-likeness (QED) is 0.872. The Morgan fingerprint density at radius 3 is 2.64 bits per heavy atom. The van der Waals surface area contributed by atoms with Gasteiger partial charge in [-0.25, -0.2) is 4.98 Å². The summed E-state index contributed by atoms with van der Waals surface area (Å²) in [5.41, 5.74) is 0. The van der Waals surface area contributed by atoms with Crippen LogP contribution < -0.4 is 5.32 Å². The molecule has 1 unspecified atom stereocenters. The average molecular weight is 326 g/mol. The van der Waals surface area contributed by atoms with Gasteiger partial charge >= 0.3 is 0 Å². The van der Waals surface area contributed by atoms with Gasteiger partial charge in [0.25, 0.3) is 0 Å². The zero-order valence-electron chi connectivity index (χ0n) is 13.3. The molecule has 0 radical (unpaired) electrons. The van der Waals surface area contributed by atoms with Crippen molar-refractivity contribution in [2.24, 2.45) is 7.05 Å². The molecule has 22 heavy (non-hydrogen) atoms. The molecule has 1 aliphatic carbocycles. The number of imidazole rings is 1. The highest BCUT2D eigenvalue weighted by Gasteiger charge is 2.30. The highest BCUT2D eigenvalue weighted by Crippen LogP contribution is 2.19. The van der Waals surface area contributed by atoms with Crippen LogP contribution in [0.1, 0.15) is 25.6 Å². The summed E-state index contributed by atoms with van der Waals surface area (Å²) >= 11 is 6.02. The fourth-order valence-corrected chi connectivity index (χ4v) is 2.94. The van der Waals surface area contributed by atoms with Crippen LogP contribution in [0.15, 0.2) is 6.20 Å². The molecule has 6 nitrogen and oxygen atoms in total. The number of carbonyl (C=O) groups excluding carboxylic acids is 1. The lowest BCUT2D eigenvalue weighted by Crippen LogP contribution is -2.53. The van der Waals surface area contributed by atoms with E-state index in [-0.39, 0.29) is 11.9 Å². The first kappa shape index (κ1) is 15.8. The number of hydrogen-bond donors (Lipinski definition) is 1. The third kappa shape index (κ3) is 3.62. The van der Waals surface area contributed by atoms with Crippen LogP contribution in [-0.4, -0.2) is 63.5 Å². The van der Waals surface area contributed by atoms with Crippen LogP contribution in [0.5, 0.6) is 0 Å². The molecule has 1 amide bonds. The molecule has 0 spiro atoms. The zero-order chi connectivity index (χ0) is 15.7. The summed E-state index contributed by atoms with van der Waals surface area (Å²) in [4.78, 5) is 21.1. The molecule has 122 valence electrons. The van der Waals surface area contributed by atoms with Gasteiger partial charge in [0.05, 0.1) is 18.8 Å². The van der Waals surface area contributed by atoms with Crippen molar-refractivity contribution < 1.29 is 4.79 Å². The van der Waals surface area contributed by atoms with Gasteiger partial charge in [0.2, 0.25) is 5.91 Å². The van der Waals surface area contributed by atoms with E-state index in [1.807, 2.05) is 18.5 Å². The molecule has 0 bridgehead atoms. The highest BCUT2D eigenvalue weighted by molar-refractivity contribution is 6.29. The summed E-state index contributed by atoms with van der Waals surface area (Å²) in [6.45, 7) is 6.54. The minimum Gasteiger partial charge on any atom is -0.352 e. The molecule has 7 heteroatoms. The summed E-state index contributed by atoms with van der Waals surface area (Å²) < 4.78 is 1.92. The second kappa shape index (κ2) is 6.56. The van der Waals surface area contributed by atoms with Crippen LogP contribution in [0.3, 0.4) is 0 Å². The molecule has 3 rings (SSSR count). The van der Waals surface area contributed by atoms with Gasteiger partial charge in [-0.05, 0) is 19.8 Å². The maximum Gasteiger partial charge on any atom is 0.237 e. The second-order valence-electron chi connectivity index (χ2n) is 6.33. The number of hydrogen-bond acceptors (Lipinski definition) is 4. The smallest absolute Gasteiger partial charge is 0.237 e. The Bertz CT molecular complexity index is 534. The molecule has 1 aromatic rings. The summed E-state index contributed by atoms with van der Waals surface area (Å²) in [7, 11) is 1.94. The number of rotatable bonds is 5. The summed E-state index contributed by atoms with van der Waals surface area (Å²) in [5, 5.41) is 3.76. The molecule has 1 aliphatic heterocycles. The van der Waals surface area contributed by atoms with Gasteiger partial charge in [0.15, 0.2) is 0 Å². The van der Waals surface area contributed by atoms with Crippen LogP contribution in [-0.2, 0) is 18.4 Å². The van der Waals surface area contributed by atoms with Crippen LogP contribution in [0.4, 0.5) is 0 Å². The molecule has 1 aromatic heterocycles. The van der Waals surface area contributed by atoms with Crippen molar-refractivity contribution in [3.63, 3.8) is 0 Å². The van der Waals surface area contributed by atoms with E-state index in [0.717, 1.165) is 51.4 Å². The number of aromatic nitrogens is 2. The Kier molecular flexibility index (Phi) is 4.70. The SMILES string of the molecule is CC(C(=O)NC1CC1)N1CCN(Cc2ncc(Cl)n2C)CC1. The van der Waals surface area contributed by atoms with Gasteiger partial charge in [-0.2, -0.15) is 0 Å². The molecular weight excluding hydrogens is 302 g/mol. The Labute approximate surface area is 136 Å². The van der Waals surface area contributed by atoms with E-state index in [9.17, 15) is 4.79 Å². The van der Waals surface area contributed by atoms with Crippen molar-refractivity contribution in [1.29, 1.82) is 0 Å². The highest BCUT2D eigenvalue weighted by atomic mass is 35.5. The third-order valence-electron chi connectivity index (χ3n) is 4.65. The summed E-state index contributed by atoms with van der Waals surface area (Å²) in [5.74, 6) is 1.16. The van der Waals surface area contributed by atoms with E-state index in [2.05, 4.69) is 20.1 Å². The number of halogens is 1. The van der Waals surface area contributed by atoms with Gasteiger partial charge < -0.3 is 9.88 Å². The van der Waals surface area contributed by atoms with Crippen molar-refractivity contribution in [3.05, 3.63) is 17.2 Å². The van der Waals surface area contributed by atoms with Gasteiger partial charge in [0.1, 0.15) is 11.0 Å². The zero-order valence-corrected chi connectivity index (χ0v) is 14.0. The molecular formula is C15H24ClN5O. The van der Waals surface area contributed by atoms with Gasteiger partial charge in [-0.3, -0.25) is 14.6 Å². The predicted molar refractivity (Wildman–Crippen MR) is 85.7 cm³/mol. The normalized spacial score (nSPS) is 21.8. The molecule has 2 heterocycles. The van der Waals surface area contributed by atoms with Crippen molar-refractivity contribution >= 4 is 17.5 Å². The van der Waals surface area contributed by atoms with Crippen LogP contribution in [0.25, 0.3) is 0 Å². The molecule has 1 saturated carbocycles. The summed E-state index contributed by atoms with van der Waals surface area (Å²) in [6.07, 6.45) is 3.97. The van der Waals surface area contributed by atoms with E-state index in [0.29, 0.717) is 11.2 Å². The largest absolute Gasteiger partial charge is 0.352 e. The van der Waals surface area contributed by atoms with Crippen molar-refractivity contribution in [2.45, 2.75) is 38.4 Å². The fourth-order valence-electron chi connectivity index (χ4n) is 2.80. The predicted octanol–water partition coefficient (Wildman–Crippen LogP) is 0.858.